The molecule has 0 aromatic heterocycles. The summed E-state index contributed by atoms with van der Waals surface area (Å²) in [6.45, 7) is -0.0798. The first-order valence-electron chi connectivity index (χ1n) is 9.22. The zero-order valence-corrected chi connectivity index (χ0v) is 16.1. The molecule has 0 saturated carbocycles. The van der Waals surface area contributed by atoms with Crippen molar-refractivity contribution in [2.24, 2.45) is 0 Å². The average Bonchev–Trinajstić information content (AvgIpc) is 3.21. The van der Waals surface area contributed by atoms with Crippen LogP contribution >= 0.6 is 0 Å². The van der Waals surface area contributed by atoms with Crippen LogP contribution in [0.5, 0.6) is 5.75 Å². The zero-order valence-electron chi connectivity index (χ0n) is 15.3. The summed E-state index contributed by atoms with van der Waals surface area (Å²) >= 11 is 0. The molecule has 0 unspecified atom stereocenters. The lowest BCUT2D eigenvalue weighted by Crippen LogP contribution is -2.12. The summed E-state index contributed by atoms with van der Waals surface area (Å²) in [5.41, 5.74) is 3.23. The lowest BCUT2D eigenvalue weighted by molar-refractivity contribution is 0.0921. The Balaban J connectivity index is 1.43. The molecule has 4 rings (SSSR count). The number of ether oxygens (including phenoxy) is 1. The molecule has 142 valence electrons. The van der Waals surface area contributed by atoms with Crippen LogP contribution in [0.1, 0.15) is 27.9 Å². The number of carbonyl (C=O) groups is 1. The van der Waals surface area contributed by atoms with E-state index in [4.69, 9.17) is 4.74 Å². The summed E-state index contributed by atoms with van der Waals surface area (Å²) in [6, 6.07) is 20.3. The van der Waals surface area contributed by atoms with E-state index in [1.807, 2.05) is 18.2 Å². The normalized spacial score (nSPS) is 13.1. The van der Waals surface area contributed by atoms with E-state index in [0.29, 0.717) is 11.3 Å². The number of carbonyl (C=O) groups excluding carboxylic acids is 1. The van der Waals surface area contributed by atoms with Gasteiger partial charge in [-0.05, 0) is 72.9 Å². The number of sulfone groups is 1. The lowest BCUT2D eigenvalue weighted by atomic mass is 10.0. The summed E-state index contributed by atoms with van der Waals surface area (Å²) in [5, 5.41) is 0. The molecule has 28 heavy (non-hydrogen) atoms. The van der Waals surface area contributed by atoms with Crippen molar-refractivity contribution in [2.45, 2.75) is 29.1 Å². The highest BCUT2D eigenvalue weighted by Crippen LogP contribution is 2.24. The molecule has 0 atom stereocenters. The van der Waals surface area contributed by atoms with E-state index in [-0.39, 0.29) is 22.2 Å². The minimum Gasteiger partial charge on any atom is -0.485 e. The van der Waals surface area contributed by atoms with Gasteiger partial charge in [-0.2, -0.15) is 0 Å². The second-order valence-electron chi connectivity index (χ2n) is 6.84. The van der Waals surface area contributed by atoms with Gasteiger partial charge < -0.3 is 4.74 Å². The molecule has 5 heteroatoms. The summed E-state index contributed by atoms with van der Waals surface area (Å²) in [4.78, 5) is 12.8. The van der Waals surface area contributed by atoms with Gasteiger partial charge in [0.15, 0.2) is 12.4 Å². The minimum absolute atomic E-state index is 0.0798. The standard InChI is InChI=1S/C23H20O4S/c24-23(19-10-9-17-5-4-6-18(17)15-19)16-27-20-11-13-22(14-12-20)28(25,26)21-7-2-1-3-8-21/h1-3,7-15H,4-6,16H2. The van der Waals surface area contributed by atoms with Gasteiger partial charge in [0.05, 0.1) is 9.79 Å². The van der Waals surface area contributed by atoms with Crippen LogP contribution in [0.15, 0.2) is 82.6 Å². The maximum absolute atomic E-state index is 12.6. The number of aryl methyl sites for hydroxylation is 2. The van der Waals surface area contributed by atoms with Crippen LogP contribution in [0, 0.1) is 0 Å². The zero-order chi connectivity index (χ0) is 19.6. The first-order valence-corrected chi connectivity index (χ1v) is 10.7. The third-order valence-electron chi connectivity index (χ3n) is 4.98. The van der Waals surface area contributed by atoms with Crippen molar-refractivity contribution in [3.8, 4) is 5.75 Å². The summed E-state index contributed by atoms with van der Waals surface area (Å²) in [7, 11) is -3.56. The molecule has 0 spiro atoms. The van der Waals surface area contributed by atoms with Gasteiger partial charge in [-0.25, -0.2) is 8.42 Å². The van der Waals surface area contributed by atoms with Gasteiger partial charge in [0.2, 0.25) is 9.84 Å². The van der Waals surface area contributed by atoms with E-state index < -0.39 is 9.84 Å². The van der Waals surface area contributed by atoms with Crippen LogP contribution in [-0.2, 0) is 22.7 Å². The molecular weight excluding hydrogens is 372 g/mol. The van der Waals surface area contributed by atoms with E-state index in [1.54, 1.807) is 42.5 Å². The molecule has 0 heterocycles. The first-order chi connectivity index (χ1) is 13.5. The van der Waals surface area contributed by atoms with Crippen LogP contribution in [-0.4, -0.2) is 20.8 Å². The van der Waals surface area contributed by atoms with E-state index in [0.717, 1.165) is 19.3 Å². The van der Waals surface area contributed by atoms with Crippen molar-refractivity contribution in [1.29, 1.82) is 0 Å². The first kappa shape index (κ1) is 18.4. The highest BCUT2D eigenvalue weighted by molar-refractivity contribution is 7.91. The van der Waals surface area contributed by atoms with Crippen LogP contribution in [0.25, 0.3) is 0 Å². The molecule has 0 bridgehead atoms. The molecule has 0 radical (unpaired) electrons. The van der Waals surface area contributed by atoms with Gasteiger partial charge in [0, 0.05) is 5.56 Å². The molecule has 0 saturated heterocycles. The molecule has 0 aliphatic heterocycles. The van der Waals surface area contributed by atoms with Gasteiger partial charge in [-0.1, -0.05) is 30.3 Å². The Bertz CT molecular complexity index is 1100. The molecular formula is C23H20O4S. The Morgan fingerprint density at radius 1 is 0.821 bits per heavy atom. The predicted octanol–water partition coefficient (Wildman–Crippen LogP) is 4.27. The molecule has 4 nitrogen and oxygen atoms in total. The molecule has 0 amide bonds. The SMILES string of the molecule is O=C(COc1ccc(S(=O)(=O)c2ccccc2)cc1)c1ccc2c(c1)CCC2. The maximum atomic E-state index is 12.6. The second kappa shape index (κ2) is 7.60. The largest absolute Gasteiger partial charge is 0.485 e. The third kappa shape index (κ3) is 3.71. The van der Waals surface area contributed by atoms with Crippen molar-refractivity contribution in [1.82, 2.24) is 0 Å². The molecule has 1 aliphatic rings. The van der Waals surface area contributed by atoms with E-state index in [1.165, 1.54) is 23.3 Å². The Morgan fingerprint density at radius 2 is 1.50 bits per heavy atom. The van der Waals surface area contributed by atoms with E-state index in [2.05, 4.69) is 0 Å². The van der Waals surface area contributed by atoms with E-state index >= 15 is 0 Å². The van der Waals surface area contributed by atoms with Crippen molar-refractivity contribution in [3.05, 3.63) is 89.5 Å². The monoisotopic (exact) mass is 392 g/mol. The van der Waals surface area contributed by atoms with Crippen LogP contribution in [0.2, 0.25) is 0 Å². The summed E-state index contributed by atoms with van der Waals surface area (Å²) in [6.07, 6.45) is 3.24. The highest BCUT2D eigenvalue weighted by atomic mass is 32.2. The average molecular weight is 392 g/mol. The fourth-order valence-corrected chi connectivity index (χ4v) is 4.71. The van der Waals surface area contributed by atoms with Crippen molar-refractivity contribution < 1.29 is 17.9 Å². The summed E-state index contributed by atoms with van der Waals surface area (Å²) in [5.74, 6) is 0.372. The number of rotatable bonds is 6. The smallest absolute Gasteiger partial charge is 0.206 e. The number of benzene rings is 3. The Morgan fingerprint density at radius 3 is 2.25 bits per heavy atom. The van der Waals surface area contributed by atoms with Gasteiger partial charge in [-0.3, -0.25) is 4.79 Å². The number of hydrogen-bond donors (Lipinski definition) is 0. The summed E-state index contributed by atoms with van der Waals surface area (Å²) < 4.78 is 30.8. The molecule has 3 aromatic carbocycles. The third-order valence-corrected chi connectivity index (χ3v) is 6.76. The molecule has 3 aromatic rings. The Labute approximate surface area is 164 Å². The predicted molar refractivity (Wildman–Crippen MR) is 107 cm³/mol. The highest BCUT2D eigenvalue weighted by Gasteiger charge is 2.17. The van der Waals surface area contributed by atoms with Crippen LogP contribution in [0.4, 0.5) is 0 Å². The quantitative estimate of drug-likeness (QED) is 0.588. The van der Waals surface area contributed by atoms with Gasteiger partial charge in [0.1, 0.15) is 5.75 Å². The van der Waals surface area contributed by atoms with Crippen LogP contribution in [0.3, 0.4) is 0 Å². The lowest BCUT2D eigenvalue weighted by Gasteiger charge is -2.09. The van der Waals surface area contributed by atoms with Gasteiger partial charge in [0.25, 0.3) is 0 Å². The molecule has 0 N–H and O–H groups in total. The number of Topliss-reactive ketones (excluding diaryl/α,β-unsaturated/α-hetero) is 1. The Kier molecular flexibility index (Phi) is 5.01. The van der Waals surface area contributed by atoms with Crippen molar-refractivity contribution in [2.75, 3.05) is 6.61 Å². The fraction of sp³-hybridized carbons (Fsp3) is 0.174. The molecule has 1 aliphatic carbocycles. The number of fused-ring (bicyclic) bond motifs is 1. The van der Waals surface area contributed by atoms with Gasteiger partial charge in [-0.15, -0.1) is 0 Å². The van der Waals surface area contributed by atoms with E-state index in [9.17, 15) is 13.2 Å². The topological polar surface area (TPSA) is 60.4 Å². The minimum atomic E-state index is -3.56. The van der Waals surface area contributed by atoms with Gasteiger partial charge >= 0.3 is 0 Å². The van der Waals surface area contributed by atoms with Crippen molar-refractivity contribution in [3.63, 3.8) is 0 Å². The number of hydrogen-bond acceptors (Lipinski definition) is 4. The number of ketones is 1. The fourth-order valence-electron chi connectivity index (χ4n) is 3.43. The second-order valence-corrected chi connectivity index (χ2v) is 8.79. The Hall–Kier alpha value is -2.92. The van der Waals surface area contributed by atoms with Crippen LogP contribution < -0.4 is 4.74 Å². The molecule has 0 fully saturated rings. The maximum Gasteiger partial charge on any atom is 0.206 e. The van der Waals surface area contributed by atoms with Crippen molar-refractivity contribution >= 4 is 15.6 Å².